The van der Waals surface area contributed by atoms with E-state index < -0.39 is 23.3 Å². The molecule has 1 atom stereocenters. The number of aliphatic hydroxyl groups is 1. The second kappa shape index (κ2) is 4.39. The molecule has 1 rings (SSSR count). The standard InChI is InChI=1S/C11H12ClFO3/c1-11(2,10(15)16)9(14)7-5-6(12)3-4-8(7)13/h3-5,9,14H,1-2H3,(H,15,16). The highest BCUT2D eigenvalue weighted by Gasteiger charge is 2.38. The molecule has 0 heterocycles. The van der Waals surface area contributed by atoms with Gasteiger partial charge in [-0.25, -0.2) is 4.39 Å². The van der Waals surface area contributed by atoms with E-state index in [0.717, 1.165) is 6.07 Å². The van der Waals surface area contributed by atoms with Crippen molar-refractivity contribution in [1.82, 2.24) is 0 Å². The van der Waals surface area contributed by atoms with Gasteiger partial charge in [0.2, 0.25) is 0 Å². The van der Waals surface area contributed by atoms with Crippen molar-refractivity contribution in [3.05, 3.63) is 34.6 Å². The first-order valence-electron chi connectivity index (χ1n) is 4.63. The van der Waals surface area contributed by atoms with Crippen molar-refractivity contribution >= 4 is 17.6 Å². The van der Waals surface area contributed by atoms with Crippen LogP contribution in [-0.2, 0) is 4.79 Å². The lowest BCUT2D eigenvalue weighted by atomic mass is 9.82. The van der Waals surface area contributed by atoms with Gasteiger partial charge in [-0.1, -0.05) is 11.6 Å². The average molecular weight is 247 g/mol. The van der Waals surface area contributed by atoms with Gasteiger partial charge in [-0.15, -0.1) is 0 Å². The molecule has 2 N–H and O–H groups in total. The maximum Gasteiger partial charge on any atom is 0.312 e. The fraction of sp³-hybridized carbons (Fsp3) is 0.364. The molecule has 0 amide bonds. The van der Waals surface area contributed by atoms with E-state index in [0.29, 0.717) is 0 Å². The van der Waals surface area contributed by atoms with Crippen molar-refractivity contribution in [2.75, 3.05) is 0 Å². The number of carboxylic acids is 1. The Morgan fingerprint density at radius 2 is 2.06 bits per heavy atom. The van der Waals surface area contributed by atoms with Crippen molar-refractivity contribution in [2.45, 2.75) is 20.0 Å². The molecule has 3 nitrogen and oxygen atoms in total. The topological polar surface area (TPSA) is 57.5 Å². The number of halogens is 2. The van der Waals surface area contributed by atoms with Crippen LogP contribution < -0.4 is 0 Å². The van der Waals surface area contributed by atoms with E-state index in [2.05, 4.69) is 0 Å². The summed E-state index contributed by atoms with van der Waals surface area (Å²) in [6, 6.07) is 3.66. The van der Waals surface area contributed by atoms with Crippen molar-refractivity contribution in [1.29, 1.82) is 0 Å². The Bertz CT molecular complexity index is 418. The second-order valence-corrected chi connectivity index (χ2v) is 4.53. The van der Waals surface area contributed by atoms with Crippen LogP contribution in [-0.4, -0.2) is 16.2 Å². The molecule has 0 radical (unpaired) electrons. The smallest absolute Gasteiger partial charge is 0.312 e. The van der Waals surface area contributed by atoms with Crippen LogP contribution in [0.15, 0.2) is 18.2 Å². The molecular weight excluding hydrogens is 235 g/mol. The Balaban J connectivity index is 3.19. The molecule has 0 aliphatic heterocycles. The minimum Gasteiger partial charge on any atom is -0.481 e. The summed E-state index contributed by atoms with van der Waals surface area (Å²) >= 11 is 5.67. The summed E-state index contributed by atoms with van der Waals surface area (Å²) < 4.78 is 13.4. The van der Waals surface area contributed by atoms with Crippen LogP contribution in [0.25, 0.3) is 0 Å². The number of hydrogen-bond acceptors (Lipinski definition) is 2. The summed E-state index contributed by atoms with van der Waals surface area (Å²) in [5.74, 6) is -1.88. The van der Waals surface area contributed by atoms with E-state index >= 15 is 0 Å². The molecule has 1 aromatic carbocycles. The normalized spacial score (nSPS) is 13.6. The number of carbonyl (C=O) groups is 1. The lowest BCUT2D eigenvalue weighted by molar-refractivity contribution is -0.153. The van der Waals surface area contributed by atoms with Gasteiger partial charge in [0.25, 0.3) is 0 Å². The lowest BCUT2D eigenvalue weighted by Crippen LogP contribution is -2.31. The summed E-state index contributed by atoms with van der Waals surface area (Å²) in [5.41, 5.74) is -1.59. The van der Waals surface area contributed by atoms with Crippen molar-refractivity contribution < 1.29 is 19.4 Å². The highest BCUT2D eigenvalue weighted by Crippen LogP contribution is 2.35. The number of aliphatic hydroxyl groups excluding tert-OH is 1. The molecule has 0 saturated carbocycles. The van der Waals surface area contributed by atoms with E-state index in [9.17, 15) is 14.3 Å². The Kier molecular flexibility index (Phi) is 3.55. The first kappa shape index (κ1) is 12.9. The van der Waals surface area contributed by atoms with Crippen LogP contribution in [0, 0.1) is 11.2 Å². The molecule has 1 unspecified atom stereocenters. The Hall–Kier alpha value is -1.13. The van der Waals surface area contributed by atoms with Crippen molar-refractivity contribution in [2.24, 2.45) is 5.41 Å². The van der Waals surface area contributed by atoms with Gasteiger partial charge in [-0.3, -0.25) is 4.79 Å². The molecule has 0 aliphatic carbocycles. The first-order chi connectivity index (χ1) is 7.26. The Morgan fingerprint density at radius 1 is 1.50 bits per heavy atom. The van der Waals surface area contributed by atoms with E-state index in [1.54, 1.807) is 0 Å². The minimum atomic E-state index is -1.48. The highest BCUT2D eigenvalue weighted by atomic mass is 35.5. The zero-order valence-electron chi connectivity index (χ0n) is 8.87. The number of aliphatic carboxylic acids is 1. The molecule has 16 heavy (non-hydrogen) atoms. The van der Waals surface area contributed by atoms with Gasteiger partial charge in [0, 0.05) is 10.6 Å². The Morgan fingerprint density at radius 3 is 2.56 bits per heavy atom. The first-order valence-corrected chi connectivity index (χ1v) is 5.01. The fourth-order valence-corrected chi connectivity index (χ4v) is 1.41. The monoisotopic (exact) mass is 246 g/mol. The second-order valence-electron chi connectivity index (χ2n) is 4.10. The van der Waals surface area contributed by atoms with Crippen LogP contribution in [0.3, 0.4) is 0 Å². The van der Waals surface area contributed by atoms with Gasteiger partial charge in [0.05, 0.1) is 11.5 Å². The minimum absolute atomic E-state index is 0.111. The summed E-state index contributed by atoms with van der Waals surface area (Å²) in [6.45, 7) is 2.64. The van der Waals surface area contributed by atoms with Gasteiger partial charge in [-0.05, 0) is 32.0 Å². The molecule has 0 saturated heterocycles. The van der Waals surface area contributed by atoms with Crippen LogP contribution in [0.2, 0.25) is 5.02 Å². The molecular formula is C11H12ClFO3. The van der Waals surface area contributed by atoms with E-state index in [1.807, 2.05) is 0 Å². The van der Waals surface area contributed by atoms with Crippen molar-refractivity contribution in [3.8, 4) is 0 Å². The molecule has 1 aromatic rings. The summed E-state index contributed by atoms with van der Waals surface area (Å²) in [4.78, 5) is 10.9. The highest BCUT2D eigenvalue weighted by molar-refractivity contribution is 6.30. The van der Waals surface area contributed by atoms with Crippen LogP contribution in [0.4, 0.5) is 4.39 Å². The number of rotatable bonds is 3. The predicted octanol–water partition coefficient (Wildman–Crippen LogP) is 2.62. The van der Waals surface area contributed by atoms with Gasteiger partial charge < -0.3 is 10.2 Å². The average Bonchev–Trinajstić information content (AvgIpc) is 2.20. The number of carboxylic acid groups (broad SMARTS) is 1. The van der Waals surface area contributed by atoms with Crippen LogP contribution in [0.5, 0.6) is 0 Å². The fourth-order valence-electron chi connectivity index (χ4n) is 1.23. The van der Waals surface area contributed by atoms with Crippen molar-refractivity contribution in [3.63, 3.8) is 0 Å². The largest absolute Gasteiger partial charge is 0.481 e. The lowest BCUT2D eigenvalue weighted by Gasteiger charge is -2.26. The number of hydrogen-bond donors (Lipinski definition) is 2. The molecule has 5 heteroatoms. The SMILES string of the molecule is CC(C)(C(=O)O)C(O)c1cc(Cl)ccc1F. The third-order valence-corrected chi connectivity index (χ3v) is 2.72. The summed E-state index contributed by atoms with van der Waals surface area (Å²) in [7, 11) is 0. The Labute approximate surface area is 97.5 Å². The maximum atomic E-state index is 13.4. The van der Waals surface area contributed by atoms with E-state index in [4.69, 9.17) is 16.7 Å². The maximum absolute atomic E-state index is 13.4. The third kappa shape index (κ3) is 2.33. The van der Waals surface area contributed by atoms with E-state index in [-0.39, 0.29) is 10.6 Å². The molecule has 0 aliphatic rings. The molecule has 0 bridgehead atoms. The zero-order valence-corrected chi connectivity index (χ0v) is 9.62. The zero-order chi connectivity index (χ0) is 12.5. The molecule has 0 aromatic heterocycles. The molecule has 0 fully saturated rings. The predicted molar refractivity (Wildman–Crippen MR) is 57.8 cm³/mol. The van der Waals surface area contributed by atoms with Crippen LogP contribution in [0.1, 0.15) is 25.5 Å². The van der Waals surface area contributed by atoms with E-state index in [1.165, 1.54) is 26.0 Å². The third-order valence-electron chi connectivity index (χ3n) is 2.49. The van der Waals surface area contributed by atoms with Gasteiger partial charge >= 0.3 is 5.97 Å². The van der Waals surface area contributed by atoms with Gasteiger partial charge in [-0.2, -0.15) is 0 Å². The summed E-state index contributed by atoms with van der Waals surface area (Å²) in [5, 5.41) is 19.0. The molecule has 0 spiro atoms. The molecule has 88 valence electrons. The number of benzene rings is 1. The summed E-state index contributed by atoms with van der Waals surface area (Å²) in [6.07, 6.45) is -1.45. The van der Waals surface area contributed by atoms with Crippen LogP contribution >= 0.6 is 11.6 Å². The van der Waals surface area contributed by atoms with Gasteiger partial charge in [0.1, 0.15) is 5.82 Å². The quantitative estimate of drug-likeness (QED) is 0.862. The van der Waals surface area contributed by atoms with Gasteiger partial charge in [0.15, 0.2) is 0 Å².